The molecule has 0 aliphatic heterocycles. The fourth-order valence-electron chi connectivity index (χ4n) is 2.32. The summed E-state index contributed by atoms with van der Waals surface area (Å²) in [5.74, 6) is 0. The van der Waals surface area contributed by atoms with Crippen molar-refractivity contribution in [3.8, 4) is 0 Å². The first-order valence-corrected chi connectivity index (χ1v) is 8.66. The maximum absolute atomic E-state index is 12.0. The van der Waals surface area contributed by atoms with Crippen molar-refractivity contribution >= 4 is 44.7 Å². The number of aliphatic hydroxyl groups is 1. The molecule has 4 nitrogen and oxygen atoms in total. The van der Waals surface area contributed by atoms with Gasteiger partial charge in [-0.2, -0.15) is 0 Å². The van der Waals surface area contributed by atoms with Crippen molar-refractivity contribution in [1.82, 2.24) is 5.32 Å². The Hall–Kier alpha value is -2.08. The Balaban J connectivity index is 1.66. The molecule has 2 amide bonds. The van der Waals surface area contributed by atoms with Gasteiger partial charge in [0.2, 0.25) is 0 Å². The van der Waals surface area contributed by atoms with E-state index in [4.69, 9.17) is 11.6 Å². The molecule has 0 unspecified atom stereocenters. The summed E-state index contributed by atoms with van der Waals surface area (Å²) in [7, 11) is 0. The second kappa shape index (κ2) is 6.81. The van der Waals surface area contributed by atoms with Crippen molar-refractivity contribution < 1.29 is 9.90 Å². The first-order valence-electron chi connectivity index (χ1n) is 7.46. The van der Waals surface area contributed by atoms with Gasteiger partial charge in [0.15, 0.2) is 0 Å². The lowest BCUT2D eigenvalue weighted by molar-refractivity contribution is 0.0638. The Kier molecular flexibility index (Phi) is 4.76. The average molecular weight is 361 g/mol. The predicted octanol–water partition coefficient (Wildman–Crippen LogP) is 4.58. The van der Waals surface area contributed by atoms with E-state index in [2.05, 4.69) is 10.6 Å². The van der Waals surface area contributed by atoms with Crippen molar-refractivity contribution in [2.75, 3.05) is 11.9 Å². The van der Waals surface area contributed by atoms with E-state index in [1.165, 1.54) is 11.3 Å². The minimum atomic E-state index is -1.15. The number of hydrogen-bond acceptors (Lipinski definition) is 3. The molecule has 0 aliphatic carbocycles. The summed E-state index contributed by atoms with van der Waals surface area (Å²) in [6.45, 7) is 1.78. The van der Waals surface area contributed by atoms with Crippen LogP contribution in [-0.4, -0.2) is 17.7 Å². The predicted molar refractivity (Wildman–Crippen MR) is 99.9 cm³/mol. The topological polar surface area (TPSA) is 61.4 Å². The summed E-state index contributed by atoms with van der Waals surface area (Å²) in [6, 6.07) is 16.5. The van der Waals surface area contributed by atoms with E-state index in [0.717, 1.165) is 15.0 Å². The summed E-state index contributed by atoms with van der Waals surface area (Å²) < 4.78 is 1.10. The molecule has 0 fully saturated rings. The Morgan fingerprint density at radius 1 is 1.21 bits per heavy atom. The Morgan fingerprint density at radius 3 is 2.67 bits per heavy atom. The lowest BCUT2D eigenvalue weighted by Gasteiger charge is -2.22. The van der Waals surface area contributed by atoms with Crippen LogP contribution in [-0.2, 0) is 5.60 Å². The molecule has 6 heteroatoms. The summed E-state index contributed by atoms with van der Waals surface area (Å²) >= 11 is 7.53. The highest BCUT2D eigenvalue weighted by Crippen LogP contribution is 2.32. The van der Waals surface area contributed by atoms with Gasteiger partial charge in [0, 0.05) is 9.58 Å². The number of benzene rings is 2. The van der Waals surface area contributed by atoms with Gasteiger partial charge >= 0.3 is 6.03 Å². The number of carbonyl (C=O) groups excluding carboxylic acids is 1. The lowest BCUT2D eigenvalue weighted by Crippen LogP contribution is -2.40. The molecule has 0 spiro atoms. The third-order valence-electron chi connectivity index (χ3n) is 3.67. The van der Waals surface area contributed by atoms with Gasteiger partial charge in [-0.1, -0.05) is 41.9 Å². The van der Waals surface area contributed by atoms with Crippen molar-refractivity contribution in [2.24, 2.45) is 0 Å². The van der Waals surface area contributed by atoms with E-state index in [-0.39, 0.29) is 6.54 Å². The van der Waals surface area contributed by atoms with E-state index in [1.807, 2.05) is 30.3 Å². The SMILES string of the molecule is C[C@](O)(CNC(=O)Nc1ccccc1Cl)c1cc2ccccc2s1. The molecule has 124 valence electrons. The van der Waals surface area contributed by atoms with Crippen LogP contribution in [0.2, 0.25) is 5.02 Å². The smallest absolute Gasteiger partial charge is 0.319 e. The molecule has 3 rings (SSSR count). The summed E-state index contributed by atoms with van der Waals surface area (Å²) in [6.07, 6.45) is 0. The molecule has 0 bridgehead atoms. The third kappa shape index (κ3) is 3.70. The van der Waals surface area contributed by atoms with Gasteiger partial charge in [-0.05, 0) is 36.6 Å². The van der Waals surface area contributed by atoms with Crippen LogP contribution in [0.1, 0.15) is 11.8 Å². The second-order valence-corrected chi connectivity index (χ2v) is 7.20. The molecule has 0 aliphatic rings. The quantitative estimate of drug-likeness (QED) is 0.637. The molecule has 1 atom stereocenters. The summed E-state index contributed by atoms with van der Waals surface area (Å²) in [4.78, 5) is 12.8. The zero-order chi connectivity index (χ0) is 17.2. The van der Waals surface area contributed by atoms with Crippen LogP contribution >= 0.6 is 22.9 Å². The molecule has 1 aromatic heterocycles. The summed E-state index contributed by atoms with van der Waals surface area (Å²) in [5.41, 5.74) is -0.625. The number of urea groups is 1. The van der Waals surface area contributed by atoms with Crippen LogP contribution in [0.25, 0.3) is 10.1 Å². The zero-order valence-corrected chi connectivity index (χ0v) is 14.6. The zero-order valence-electron chi connectivity index (χ0n) is 13.0. The highest BCUT2D eigenvalue weighted by Gasteiger charge is 2.26. The van der Waals surface area contributed by atoms with Crippen molar-refractivity contribution in [3.63, 3.8) is 0 Å². The van der Waals surface area contributed by atoms with E-state index >= 15 is 0 Å². The number of fused-ring (bicyclic) bond motifs is 1. The molecule has 0 saturated carbocycles. The number of halogens is 1. The number of thiophene rings is 1. The lowest BCUT2D eigenvalue weighted by atomic mass is 10.0. The molecular formula is C18H17ClN2O2S. The maximum atomic E-state index is 12.0. The van der Waals surface area contributed by atoms with E-state index in [0.29, 0.717) is 10.7 Å². The van der Waals surface area contributed by atoms with Crippen LogP contribution in [0.5, 0.6) is 0 Å². The van der Waals surface area contributed by atoms with Crippen molar-refractivity contribution in [1.29, 1.82) is 0 Å². The number of carbonyl (C=O) groups is 1. The highest BCUT2D eigenvalue weighted by molar-refractivity contribution is 7.19. The van der Waals surface area contributed by atoms with Crippen molar-refractivity contribution in [3.05, 3.63) is 64.5 Å². The van der Waals surface area contributed by atoms with Crippen LogP contribution in [0.4, 0.5) is 10.5 Å². The van der Waals surface area contributed by atoms with Gasteiger partial charge in [0.25, 0.3) is 0 Å². The fourth-order valence-corrected chi connectivity index (χ4v) is 3.61. The number of hydrogen-bond donors (Lipinski definition) is 3. The minimum Gasteiger partial charge on any atom is -0.383 e. The number of amides is 2. The van der Waals surface area contributed by atoms with Crippen LogP contribution in [0.3, 0.4) is 0 Å². The normalized spacial score (nSPS) is 13.5. The van der Waals surface area contributed by atoms with Crippen LogP contribution in [0.15, 0.2) is 54.6 Å². The third-order valence-corrected chi connectivity index (χ3v) is 5.37. The largest absolute Gasteiger partial charge is 0.383 e. The van der Waals surface area contributed by atoms with Gasteiger partial charge in [-0.3, -0.25) is 0 Å². The Labute approximate surface area is 149 Å². The molecule has 0 saturated heterocycles. The molecule has 3 N–H and O–H groups in total. The Morgan fingerprint density at radius 2 is 1.92 bits per heavy atom. The van der Waals surface area contributed by atoms with Gasteiger partial charge in [-0.15, -0.1) is 11.3 Å². The molecule has 24 heavy (non-hydrogen) atoms. The van der Waals surface area contributed by atoms with Gasteiger partial charge in [0.05, 0.1) is 17.3 Å². The average Bonchev–Trinajstić information content (AvgIpc) is 3.00. The van der Waals surface area contributed by atoms with Crippen molar-refractivity contribution in [2.45, 2.75) is 12.5 Å². The monoisotopic (exact) mass is 360 g/mol. The molecule has 1 heterocycles. The van der Waals surface area contributed by atoms with Crippen LogP contribution < -0.4 is 10.6 Å². The fraction of sp³-hybridized carbons (Fsp3) is 0.167. The molecular weight excluding hydrogens is 344 g/mol. The minimum absolute atomic E-state index is 0.0934. The van der Waals surface area contributed by atoms with E-state index in [9.17, 15) is 9.90 Å². The molecule has 3 aromatic rings. The van der Waals surface area contributed by atoms with E-state index in [1.54, 1.807) is 31.2 Å². The number of nitrogens with one attached hydrogen (secondary N) is 2. The van der Waals surface area contributed by atoms with Gasteiger partial charge < -0.3 is 15.7 Å². The van der Waals surface area contributed by atoms with Crippen LogP contribution in [0, 0.1) is 0 Å². The number of para-hydroxylation sites is 1. The highest BCUT2D eigenvalue weighted by atomic mass is 35.5. The maximum Gasteiger partial charge on any atom is 0.319 e. The number of anilines is 1. The second-order valence-electron chi connectivity index (χ2n) is 5.71. The standard InChI is InChI=1S/C18H17ClN2O2S/c1-18(23,16-10-12-6-2-5-9-15(12)24-16)11-20-17(22)21-14-8-4-3-7-13(14)19/h2-10,23H,11H2,1H3,(H2,20,21,22)/t18-/m0/s1. The Bertz CT molecular complexity index is 843. The summed E-state index contributed by atoms with van der Waals surface area (Å²) in [5, 5.41) is 17.6. The van der Waals surface area contributed by atoms with E-state index < -0.39 is 11.6 Å². The molecule has 0 radical (unpaired) electrons. The first-order chi connectivity index (χ1) is 11.5. The molecule has 2 aromatic carbocycles. The number of rotatable bonds is 4. The van der Waals surface area contributed by atoms with Gasteiger partial charge in [0.1, 0.15) is 5.60 Å². The van der Waals surface area contributed by atoms with Gasteiger partial charge in [-0.25, -0.2) is 4.79 Å². The first kappa shape index (κ1) is 16.8.